The van der Waals surface area contributed by atoms with Crippen LogP contribution >= 0.6 is 46.2 Å². The third-order valence-corrected chi connectivity index (χ3v) is 11.2. The summed E-state index contributed by atoms with van der Waals surface area (Å²) in [6.07, 6.45) is 2.15. The Hall–Kier alpha value is -3.19. The first-order valence-corrected chi connectivity index (χ1v) is 15.9. The lowest BCUT2D eigenvalue weighted by Gasteiger charge is -2.49. The Labute approximate surface area is 250 Å². The number of carbonyl (C=O) groups excluding carboxylic acids is 2. The molecule has 2 fully saturated rings. The van der Waals surface area contributed by atoms with E-state index in [1.54, 1.807) is 0 Å². The Morgan fingerprint density at radius 1 is 1.27 bits per heavy atom. The van der Waals surface area contributed by atoms with Gasteiger partial charge >= 0.3 is 11.9 Å². The molecule has 3 aliphatic rings. The van der Waals surface area contributed by atoms with E-state index in [4.69, 9.17) is 10.6 Å². The highest BCUT2D eigenvalue weighted by Crippen LogP contribution is 2.46. The number of aromatic nitrogens is 2. The van der Waals surface area contributed by atoms with Crippen molar-refractivity contribution in [3.05, 3.63) is 32.2 Å². The summed E-state index contributed by atoms with van der Waals surface area (Å²) in [5, 5.41) is 27.2. The summed E-state index contributed by atoms with van der Waals surface area (Å²) < 4.78 is 1.10. The number of β-lactam (4-membered cyclic amide) rings is 1. The molecule has 2 saturated heterocycles. The van der Waals surface area contributed by atoms with Crippen LogP contribution in [0.1, 0.15) is 33.9 Å². The van der Waals surface area contributed by atoms with Crippen LogP contribution in [0.25, 0.3) is 0 Å². The molecule has 0 spiro atoms. The zero-order valence-electron chi connectivity index (χ0n) is 21.9. The first kappa shape index (κ1) is 29.3. The summed E-state index contributed by atoms with van der Waals surface area (Å²) in [5.74, 6) is -3.48. The zero-order chi connectivity index (χ0) is 29.5. The summed E-state index contributed by atoms with van der Waals surface area (Å²) >= 11 is 4.45. The van der Waals surface area contributed by atoms with Gasteiger partial charge in [-0.2, -0.15) is 0 Å². The zero-order valence-corrected chi connectivity index (χ0v) is 25.1. The second-order valence-electron chi connectivity index (χ2n) is 9.73. The smallest absolute Gasteiger partial charge is 0.353 e. The number of carbonyl (C=O) groups is 4. The number of carboxylic acid groups (broad SMARTS) is 2. The van der Waals surface area contributed by atoms with E-state index >= 15 is 0 Å². The number of amides is 2. The van der Waals surface area contributed by atoms with Crippen molar-refractivity contribution in [3.8, 4) is 0 Å². The van der Waals surface area contributed by atoms with Crippen LogP contribution in [0.3, 0.4) is 0 Å². The maximum Gasteiger partial charge on any atom is 0.353 e. The van der Waals surface area contributed by atoms with Crippen molar-refractivity contribution in [2.75, 3.05) is 38.7 Å². The van der Waals surface area contributed by atoms with Gasteiger partial charge in [0.05, 0.1) is 20.1 Å². The van der Waals surface area contributed by atoms with Gasteiger partial charge in [-0.3, -0.25) is 14.5 Å². The minimum atomic E-state index is -1.30. The SMILES string of the molecule is CO/N=C(\C(=O)N[C@@H]1C(=O)N2C(C(=O)O)=C(Sc3nc(C[N+]4(C)CCCC4)c(C(=O)O)s3)CSC12)c1csc(N)n1. The van der Waals surface area contributed by atoms with Crippen molar-refractivity contribution in [3.63, 3.8) is 0 Å². The van der Waals surface area contributed by atoms with Crippen molar-refractivity contribution in [1.29, 1.82) is 0 Å². The quantitative estimate of drug-likeness (QED) is 0.126. The molecule has 218 valence electrons. The fraction of sp³-hybridized carbons (Fsp3) is 0.435. The number of nitrogens with one attached hydrogen (secondary N) is 1. The number of oxime groups is 1. The maximum atomic E-state index is 13.1. The lowest BCUT2D eigenvalue weighted by Crippen LogP contribution is -2.71. The molecule has 2 aromatic heterocycles. The van der Waals surface area contributed by atoms with Crippen LogP contribution in [0.15, 0.2) is 25.5 Å². The van der Waals surface area contributed by atoms with Gasteiger partial charge in [0.25, 0.3) is 11.8 Å². The Balaban J connectivity index is 1.35. The van der Waals surface area contributed by atoms with E-state index in [0.29, 0.717) is 26.0 Å². The van der Waals surface area contributed by atoms with E-state index < -0.39 is 35.2 Å². The molecule has 2 atom stereocenters. The molecule has 14 nitrogen and oxygen atoms in total. The lowest BCUT2D eigenvalue weighted by molar-refractivity contribution is -0.911. The van der Waals surface area contributed by atoms with Crippen molar-refractivity contribution in [2.24, 2.45) is 5.16 Å². The maximum absolute atomic E-state index is 13.1. The number of fused-ring (bicyclic) bond motifs is 1. The number of nitrogens with zero attached hydrogens (tertiary/aromatic N) is 5. The summed E-state index contributed by atoms with van der Waals surface area (Å²) in [6, 6.07) is -0.999. The topological polar surface area (TPSA) is 197 Å². The molecule has 18 heteroatoms. The first-order valence-electron chi connectivity index (χ1n) is 12.3. The second kappa shape index (κ2) is 11.6. The van der Waals surface area contributed by atoms with Gasteiger partial charge in [0.1, 0.15) is 47.0 Å². The number of aromatic carboxylic acids is 1. The number of anilines is 1. The van der Waals surface area contributed by atoms with Crippen LogP contribution in [0.5, 0.6) is 0 Å². The molecule has 3 aliphatic heterocycles. The van der Waals surface area contributed by atoms with Crippen molar-refractivity contribution >= 4 is 80.8 Å². The number of hydrogen-bond donors (Lipinski definition) is 4. The number of likely N-dealkylation sites (tertiary alicyclic amines) is 1. The van der Waals surface area contributed by atoms with Gasteiger partial charge in [0, 0.05) is 28.9 Å². The van der Waals surface area contributed by atoms with E-state index in [9.17, 15) is 29.4 Å². The van der Waals surface area contributed by atoms with E-state index in [2.05, 4.69) is 27.5 Å². The Bertz CT molecular complexity index is 1480. The number of thiazole rings is 2. The molecule has 41 heavy (non-hydrogen) atoms. The van der Waals surface area contributed by atoms with Gasteiger partial charge in [0.15, 0.2) is 15.2 Å². The van der Waals surface area contributed by atoms with E-state index in [0.717, 1.165) is 65.3 Å². The molecule has 1 unspecified atom stereocenters. The van der Waals surface area contributed by atoms with E-state index in [-0.39, 0.29) is 32.9 Å². The number of thioether (sulfide) groups is 2. The molecule has 2 aromatic rings. The number of carboxylic acids is 2. The highest BCUT2D eigenvalue weighted by molar-refractivity contribution is 8.07. The van der Waals surface area contributed by atoms with Crippen LogP contribution in [-0.2, 0) is 25.8 Å². The summed E-state index contributed by atoms with van der Waals surface area (Å²) in [5.41, 5.74) is 5.94. The molecular formula is C23H26N7O7S4+. The standard InChI is InChI=1S/C23H25N7O7S4/c1-30(5-3-4-6-30)7-10-16(21(35)36)41-23(26-10)40-12-9-38-19-14(18(32)29(19)15(12)20(33)34)27-17(31)13(28-37-2)11-8-39-22(24)25-11/h8,14,19H,3-7,9H2,1-2H3,(H4-,24,25,27,31,33,34,35,36)/p+1/b28-13-/t14-,19?/m1/s1. The molecule has 0 bridgehead atoms. The van der Waals surface area contributed by atoms with Gasteiger partial charge in [-0.25, -0.2) is 19.6 Å². The molecule has 0 radical (unpaired) electrons. The van der Waals surface area contributed by atoms with Crippen LogP contribution < -0.4 is 11.1 Å². The molecule has 5 N–H and O–H groups in total. The van der Waals surface area contributed by atoms with Crippen LogP contribution in [-0.4, -0.2) is 103 Å². The second-order valence-corrected chi connectivity index (χ2v) is 14.1. The van der Waals surface area contributed by atoms with Gasteiger partial charge in [0.2, 0.25) is 0 Å². The fourth-order valence-electron chi connectivity index (χ4n) is 4.94. The van der Waals surface area contributed by atoms with Crippen molar-refractivity contribution in [1.82, 2.24) is 20.2 Å². The Kier molecular flexibility index (Phi) is 8.29. The molecule has 0 saturated carbocycles. The van der Waals surface area contributed by atoms with Crippen molar-refractivity contribution < 1.29 is 38.7 Å². The number of nitrogen functional groups attached to an aromatic ring is 1. The Morgan fingerprint density at radius 3 is 2.61 bits per heavy atom. The lowest BCUT2D eigenvalue weighted by atomic mass is 10.0. The fourth-order valence-corrected chi connectivity index (χ4v) is 9.14. The predicted octanol–water partition coefficient (Wildman–Crippen LogP) is 1.46. The highest BCUT2D eigenvalue weighted by Gasteiger charge is 2.54. The molecule has 0 aromatic carbocycles. The van der Waals surface area contributed by atoms with Gasteiger partial charge < -0.3 is 30.6 Å². The van der Waals surface area contributed by atoms with Crippen LogP contribution in [0.4, 0.5) is 5.13 Å². The number of hydrogen-bond acceptors (Lipinski definition) is 13. The monoisotopic (exact) mass is 640 g/mol. The summed E-state index contributed by atoms with van der Waals surface area (Å²) in [7, 11) is 3.34. The van der Waals surface area contributed by atoms with Gasteiger partial charge in [-0.15, -0.1) is 23.1 Å². The summed E-state index contributed by atoms with van der Waals surface area (Å²) in [6.45, 7) is 2.36. The third-order valence-electron chi connectivity index (χ3n) is 6.84. The first-order chi connectivity index (χ1) is 19.5. The highest BCUT2D eigenvalue weighted by atomic mass is 32.2. The summed E-state index contributed by atoms with van der Waals surface area (Å²) in [4.78, 5) is 65.4. The Morgan fingerprint density at radius 2 is 2.00 bits per heavy atom. The number of rotatable bonds is 10. The number of nitrogens with two attached hydrogens (primary N) is 1. The largest absolute Gasteiger partial charge is 0.477 e. The van der Waals surface area contributed by atoms with Crippen molar-refractivity contribution in [2.45, 2.75) is 35.1 Å². The minimum absolute atomic E-state index is 0.135. The molecular weight excluding hydrogens is 615 g/mol. The molecule has 5 rings (SSSR count). The predicted molar refractivity (Wildman–Crippen MR) is 154 cm³/mol. The van der Waals surface area contributed by atoms with Crippen LogP contribution in [0, 0.1) is 0 Å². The van der Waals surface area contributed by atoms with E-state index in [1.807, 2.05) is 0 Å². The van der Waals surface area contributed by atoms with Crippen LogP contribution in [0.2, 0.25) is 0 Å². The average Bonchev–Trinajstić information content (AvgIpc) is 3.65. The average molecular weight is 641 g/mol. The molecule has 0 aliphatic carbocycles. The van der Waals surface area contributed by atoms with Gasteiger partial charge in [-0.05, 0) is 0 Å². The van der Waals surface area contributed by atoms with Gasteiger partial charge in [-0.1, -0.05) is 28.3 Å². The number of quaternary nitrogens is 1. The van der Waals surface area contributed by atoms with E-state index in [1.165, 1.54) is 24.3 Å². The third kappa shape index (κ3) is 5.78. The molecule has 5 heterocycles. The minimum Gasteiger partial charge on any atom is -0.477 e. The normalized spacial score (nSPS) is 21.9. The number of aliphatic carboxylic acids is 1. The molecule has 2 amide bonds.